The number of hydrogen-bond acceptors (Lipinski definition) is 7. The van der Waals surface area contributed by atoms with Gasteiger partial charge in [-0.15, -0.1) is 0 Å². The maximum Gasteiger partial charge on any atom is 0.410 e. The Morgan fingerprint density at radius 1 is 1.08 bits per heavy atom. The molecule has 2 aromatic rings. The van der Waals surface area contributed by atoms with Crippen molar-refractivity contribution in [3.63, 3.8) is 0 Å². The van der Waals surface area contributed by atoms with Gasteiger partial charge in [-0.1, -0.05) is 61.2 Å². The predicted octanol–water partition coefficient (Wildman–Crippen LogP) is 4.46. The van der Waals surface area contributed by atoms with E-state index in [1.165, 1.54) is 13.2 Å². The zero-order chi connectivity index (χ0) is 28.0. The standard InChI is InChI=1S/C28H30F2N2O7/c1-3-12-37-27(35)32-17-28(29,30)14-18(32)15-38-24(13-25(33)36-2)31-26(34)39-16-23-21-10-6-4-8-19(21)20-9-5-7-11-22(20)23/h3-11,18,23-24H,1,12-17H2,2H3,(H,31,34). The SMILES string of the molecule is C=CCOC(=O)N1CC(F)(F)CC1COC(CC(=O)OC)NC(=O)OCC1c2ccccc2-c2ccccc21. The van der Waals surface area contributed by atoms with Crippen molar-refractivity contribution in [3.8, 4) is 11.1 Å². The van der Waals surface area contributed by atoms with Gasteiger partial charge in [0, 0.05) is 12.3 Å². The number of ether oxygens (including phenoxy) is 4. The molecule has 2 aliphatic rings. The Kier molecular flexibility index (Phi) is 8.80. The van der Waals surface area contributed by atoms with E-state index in [9.17, 15) is 23.2 Å². The number of fused-ring (bicyclic) bond motifs is 3. The number of alkyl halides is 2. The summed E-state index contributed by atoms with van der Waals surface area (Å²) in [6, 6.07) is 14.7. The quantitative estimate of drug-likeness (QED) is 0.204. The van der Waals surface area contributed by atoms with Crippen LogP contribution in [0.3, 0.4) is 0 Å². The van der Waals surface area contributed by atoms with E-state index < -0.39 is 55.7 Å². The lowest BCUT2D eigenvalue weighted by Gasteiger charge is -2.25. The number of carbonyl (C=O) groups excluding carboxylic acids is 3. The van der Waals surface area contributed by atoms with E-state index in [1.807, 2.05) is 48.5 Å². The number of esters is 1. The second-order valence-corrected chi connectivity index (χ2v) is 9.28. The van der Waals surface area contributed by atoms with Crippen LogP contribution in [0.15, 0.2) is 61.2 Å². The molecule has 39 heavy (non-hydrogen) atoms. The first-order valence-corrected chi connectivity index (χ1v) is 12.4. The molecule has 0 radical (unpaired) electrons. The number of benzene rings is 2. The average Bonchev–Trinajstić information content (AvgIpc) is 3.42. The molecular weight excluding hydrogens is 514 g/mol. The molecule has 2 unspecified atom stereocenters. The normalized spacial score (nSPS) is 18.0. The minimum atomic E-state index is -3.14. The van der Waals surface area contributed by atoms with Crippen molar-refractivity contribution in [2.24, 2.45) is 0 Å². The molecule has 208 valence electrons. The Balaban J connectivity index is 1.38. The van der Waals surface area contributed by atoms with E-state index in [0.717, 1.165) is 27.2 Å². The molecular formula is C28H30F2N2O7. The maximum atomic E-state index is 14.1. The van der Waals surface area contributed by atoms with E-state index in [-0.39, 0.29) is 25.7 Å². The summed E-state index contributed by atoms with van der Waals surface area (Å²) in [6.45, 7) is 2.10. The highest BCUT2D eigenvalue weighted by molar-refractivity contribution is 5.79. The van der Waals surface area contributed by atoms with Crippen molar-refractivity contribution in [1.29, 1.82) is 0 Å². The second kappa shape index (κ2) is 12.2. The second-order valence-electron chi connectivity index (χ2n) is 9.28. The fraction of sp³-hybridized carbons (Fsp3) is 0.393. The molecule has 11 heteroatoms. The number of methoxy groups -OCH3 is 1. The molecule has 1 aliphatic carbocycles. The van der Waals surface area contributed by atoms with Crippen LogP contribution in [0.5, 0.6) is 0 Å². The Bertz CT molecular complexity index is 1180. The van der Waals surface area contributed by atoms with Crippen molar-refractivity contribution in [2.75, 3.05) is 33.5 Å². The zero-order valence-electron chi connectivity index (χ0n) is 21.4. The molecule has 0 saturated carbocycles. The topological polar surface area (TPSA) is 103 Å². The van der Waals surface area contributed by atoms with Gasteiger partial charge in [0.15, 0.2) is 0 Å². The molecule has 0 bridgehead atoms. The first-order chi connectivity index (χ1) is 18.7. The van der Waals surface area contributed by atoms with Gasteiger partial charge in [-0.2, -0.15) is 0 Å². The third-order valence-corrected chi connectivity index (χ3v) is 6.63. The van der Waals surface area contributed by atoms with Gasteiger partial charge in [0.1, 0.15) is 19.4 Å². The van der Waals surface area contributed by atoms with Gasteiger partial charge in [-0.3, -0.25) is 15.0 Å². The average molecular weight is 545 g/mol. The van der Waals surface area contributed by atoms with Crippen LogP contribution in [0, 0.1) is 0 Å². The summed E-state index contributed by atoms with van der Waals surface area (Å²) < 4.78 is 48.9. The van der Waals surface area contributed by atoms with Crippen LogP contribution in [0.2, 0.25) is 0 Å². The van der Waals surface area contributed by atoms with Crippen molar-refractivity contribution in [2.45, 2.75) is 37.0 Å². The van der Waals surface area contributed by atoms with Crippen LogP contribution in [0.25, 0.3) is 11.1 Å². The van der Waals surface area contributed by atoms with Gasteiger partial charge in [-0.25, -0.2) is 18.4 Å². The van der Waals surface area contributed by atoms with Crippen molar-refractivity contribution < 1.29 is 42.1 Å². The highest BCUT2D eigenvalue weighted by Gasteiger charge is 2.48. The van der Waals surface area contributed by atoms with E-state index in [0.29, 0.717) is 0 Å². The number of carbonyl (C=O) groups is 3. The molecule has 0 spiro atoms. The summed E-state index contributed by atoms with van der Waals surface area (Å²) in [6.07, 6.45) is -2.77. The number of likely N-dealkylation sites (tertiary alicyclic amines) is 1. The minimum Gasteiger partial charge on any atom is -0.469 e. The fourth-order valence-electron chi connectivity index (χ4n) is 4.86. The van der Waals surface area contributed by atoms with Crippen LogP contribution in [0.4, 0.5) is 18.4 Å². The molecule has 1 N–H and O–H groups in total. The molecule has 4 rings (SSSR count). The van der Waals surface area contributed by atoms with Crippen molar-refractivity contribution in [3.05, 3.63) is 72.3 Å². The Hall–Kier alpha value is -3.99. The van der Waals surface area contributed by atoms with Gasteiger partial charge < -0.3 is 18.9 Å². The summed E-state index contributed by atoms with van der Waals surface area (Å²) in [5.41, 5.74) is 4.19. The first kappa shape index (κ1) is 28.0. The molecule has 0 aromatic heterocycles. The molecule has 2 amide bonds. The number of alkyl carbamates (subject to hydrolysis) is 1. The number of amides is 2. The summed E-state index contributed by atoms with van der Waals surface area (Å²) in [5.74, 6) is -4.02. The smallest absolute Gasteiger partial charge is 0.410 e. The summed E-state index contributed by atoms with van der Waals surface area (Å²) in [4.78, 5) is 37.7. The van der Waals surface area contributed by atoms with Gasteiger partial charge in [0.05, 0.1) is 32.7 Å². The first-order valence-electron chi connectivity index (χ1n) is 12.4. The largest absolute Gasteiger partial charge is 0.469 e. The number of rotatable bonds is 10. The molecule has 1 aliphatic heterocycles. The van der Waals surface area contributed by atoms with Gasteiger partial charge in [0.2, 0.25) is 0 Å². The van der Waals surface area contributed by atoms with Crippen LogP contribution < -0.4 is 5.32 Å². The number of nitrogens with one attached hydrogen (secondary N) is 1. The lowest BCUT2D eigenvalue weighted by atomic mass is 9.98. The van der Waals surface area contributed by atoms with E-state index in [2.05, 4.69) is 16.6 Å². The number of hydrogen-bond donors (Lipinski definition) is 1. The highest BCUT2D eigenvalue weighted by Crippen LogP contribution is 2.44. The fourth-order valence-corrected chi connectivity index (χ4v) is 4.86. The Morgan fingerprint density at radius 3 is 2.33 bits per heavy atom. The molecule has 1 fully saturated rings. The lowest BCUT2D eigenvalue weighted by Crippen LogP contribution is -2.44. The highest BCUT2D eigenvalue weighted by atomic mass is 19.3. The summed E-state index contributed by atoms with van der Waals surface area (Å²) >= 11 is 0. The van der Waals surface area contributed by atoms with Crippen LogP contribution in [0.1, 0.15) is 29.9 Å². The van der Waals surface area contributed by atoms with E-state index in [4.69, 9.17) is 14.2 Å². The van der Waals surface area contributed by atoms with Crippen LogP contribution in [-0.4, -0.2) is 74.7 Å². The third-order valence-electron chi connectivity index (χ3n) is 6.63. The Morgan fingerprint density at radius 2 is 1.72 bits per heavy atom. The monoisotopic (exact) mass is 544 g/mol. The van der Waals surface area contributed by atoms with Crippen molar-refractivity contribution in [1.82, 2.24) is 10.2 Å². The molecule has 2 atom stereocenters. The van der Waals surface area contributed by atoms with Gasteiger partial charge in [-0.05, 0) is 22.3 Å². The molecule has 1 saturated heterocycles. The maximum absolute atomic E-state index is 14.1. The molecule has 9 nitrogen and oxygen atoms in total. The number of nitrogens with zero attached hydrogens (tertiary/aromatic N) is 1. The lowest BCUT2D eigenvalue weighted by molar-refractivity contribution is -0.144. The van der Waals surface area contributed by atoms with Gasteiger partial charge in [0.25, 0.3) is 5.92 Å². The molecule has 2 aromatic carbocycles. The minimum absolute atomic E-state index is 0.0303. The van der Waals surface area contributed by atoms with Crippen molar-refractivity contribution >= 4 is 18.2 Å². The van der Waals surface area contributed by atoms with E-state index >= 15 is 0 Å². The third kappa shape index (κ3) is 6.72. The van der Waals surface area contributed by atoms with Gasteiger partial charge >= 0.3 is 18.2 Å². The van der Waals surface area contributed by atoms with Crippen LogP contribution >= 0.6 is 0 Å². The number of halogens is 2. The van der Waals surface area contributed by atoms with E-state index in [1.54, 1.807) is 0 Å². The molecule has 1 heterocycles. The predicted molar refractivity (Wildman–Crippen MR) is 136 cm³/mol. The zero-order valence-corrected chi connectivity index (χ0v) is 21.4. The van der Waals surface area contributed by atoms with Crippen LogP contribution in [-0.2, 0) is 23.7 Å². The summed E-state index contributed by atoms with van der Waals surface area (Å²) in [5, 5.41) is 2.46. The Labute approximate surface area is 224 Å². The summed E-state index contributed by atoms with van der Waals surface area (Å²) in [7, 11) is 1.17.